The second kappa shape index (κ2) is 5.49. The minimum Gasteiger partial charge on any atom is -0.462 e. The van der Waals surface area contributed by atoms with Gasteiger partial charge in [-0.25, -0.2) is 0 Å². The van der Waals surface area contributed by atoms with Crippen LogP contribution in [-0.4, -0.2) is 12.1 Å². The summed E-state index contributed by atoms with van der Waals surface area (Å²) < 4.78 is 5.76. The SMILES string of the molecule is CC(=O)OC1CC[C@H]2[C@@H]3CC[C@H]4CCCC[C@]4(C)[C@H]3CC[C@]12C. The van der Waals surface area contributed by atoms with Gasteiger partial charge in [0, 0.05) is 12.3 Å². The molecule has 0 bridgehead atoms. The number of fused-ring (bicyclic) bond motifs is 5. The van der Waals surface area contributed by atoms with Crippen LogP contribution in [0.4, 0.5) is 0 Å². The summed E-state index contributed by atoms with van der Waals surface area (Å²) in [6.45, 7) is 6.65. The van der Waals surface area contributed by atoms with Crippen LogP contribution in [0.5, 0.6) is 0 Å². The van der Waals surface area contributed by atoms with Gasteiger partial charge in [0.05, 0.1) is 0 Å². The van der Waals surface area contributed by atoms with Crippen molar-refractivity contribution in [3.63, 3.8) is 0 Å². The number of carbonyl (C=O) groups excluding carboxylic acids is 1. The lowest BCUT2D eigenvalue weighted by Gasteiger charge is -2.60. The van der Waals surface area contributed by atoms with Crippen molar-refractivity contribution >= 4 is 5.97 Å². The van der Waals surface area contributed by atoms with Gasteiger partial charge in [-0.3, -0.25) is 4.79 Å². The van der Waals surface area contributed by atoms with E-state index in [1.54, 1.807) is 6.92 Å². The fraction of sp³-hybridized carbons (Fsp3) is 0.952. The quantitative estimate of drug-likeness (QED) is 0.609. The third-order valence-electron chi connectivity index (χ3n) is 8.80. The molecule has 4 fully saturated rings. The molecule has 0 saturated heterocycles. The summed E-state index contributed by atoms with van der Waals surface area (Å²) in [5.41, 5.74) is 0.868. The minimum absolute atomic E-state index is 0.0815. The van der Waals surface area contributed by atoms with Crippen LogP contribution >= 0.6 is 0 Å². The Bertz CT molecular complexity index is 486. The highest BCUT2D eigenvalue weighted by Gasteiger charge is 2.60. The molecule has 0 heterocycles. The molecular weight excluding hydrogens is 284 g/mol. The van der Waals surface area contributed by atoms with Crippen LogP contribution in [0, 0.1) is 34.5 Å². The van der Waals surface area contributed by atoms with E-state index in [4.69, 9.17) is 4.74 Å². The Kier molecular flexibility index (Phi) is 3.81. The number of hydrogen-bond donors (Lipinski definition) is 0. The van der Waals surface area contributed by atoms with Crippen molar-refractivity contribution in [2.75, 3.05) is 0 Å². The van der Waals surface area contributed by atoms with E-state index in [1.807, 2.05) is 0 Å². The van der Waals surface area contributed by atoms with Crippen molar-refractivity contribution in [1.82, 2.24) is 0 Å². The van der Waals surface area contributed by atoms with Crippen LogP contribution in [-0.2, 0) is 9.53 Å². The summed E-state index contributed by atoms with van der Waals surface area (Å²) >= 11 is 0. The molecule has 4 aliphatic rings. The van der Waals surface area contributed by atoms with E-state index >= 15 is 0 Å². The molecule has 2 heteroatoms. The van der Waals surface area contributed by atoms with E-state index in [0.717, 1.165) is 30.1 Å². The van der Waals surface area contributed by atoms with Gasteiger partial charge in [0.1, 0.15) is 6.10 Å². The van der Waals surface area contributed by atoms with E-state index < -0.39 is 0 Å². The first-order valence-electron chi connectivity index (χ1n) is 10.1. The zero-order valence-corrected chi connectivity index (χ0v) is 15.3. The fourth-order valence-electron chi connectivity index (χ4n) is 7.64. The zero-order chi connectivity index (χ0) is 16.2. The summed E-state index contributed by atoms with van der Waals surface area (Å²) in [6.07, 6.45) is 14.0. The van der Waals surface area contributed by atoms with E-state index in [2.05, 4.69) is 13.8 Å². The van der Waals surface area contributed by atoms with Crippen LogP contribution in [0.3, 0.4) is 0 Å². The van der Waals surface area contributed by atoms with Gasteiger partial charge in [0.25, 0.3) is 0 Å². The Morgan fingerprint density at radius 3 is 2.43 bits per heavy atom. The van der Waals surface area contributed by atoms with Crippen LogP contribution in [0.1, 0.15) is 85.0 Å². The molecule has 1 unspecified atom stereocenters. The third kappa shape index (κ3) is 2.30. The van der Waals surface area contributed by atoms with E-state index in [1.165, 1.54) is 57.8 Å². The number of hydrogen-bond acceptors (Lipinski definition) is 2. The molecule has 4 rings (SSSR count). The monoisotopic (exact) mass is 318 g/mol. The molecule has 0 N–H and O–H groups in total. The number of esters is 1. The molecule has 0 spiro atoms. The second-order valence-electron chi connectivity index (χ2n) is 9.62. The molecule has 4 saturated carbocycles. The van der Waals surface area contributed by atoms with Crippen LogP contribution < -0.4 is 0 Å². The normalized spacial score (nSPS) is 52.2. The first kappa shape index (κ1) is 16.0. The van der Waals surface area contributed by atoms with Gasteiger partial charge in [-0.1, -0.05) is 26.7 Å². The van der Waals surface area contributed by atoms with Crippen LogP contribution in [0.2, 0.25) is 0 Å². The lowest BCUT2D eigenvalue weighted by Crippen LogP contribution is -2.53. The molecule has 2 nitrogen and oxygen atoms in total. The molecule has 23 heavy (non-hydrogen) atoms. The summed E-state index contributed by atoms with van der Waals surface area (Å²) in [6, 6.07) is 0. The lowest BCUT2D eigenvalue weighted by atomic mass is 9.45. The second-order valence-corrected chi connectivity index (χ2v) is 9.62. The lowest BCUT2D eigenvalue weighted by molar-refractivity contribution is -0.161. The molecule has 7 atom stereocenters. The Balaban J connectivity index is 1.59. The van der Waals surface area contributed by atoms with Gasteiger partial charge < -0.3 is 4.74 Å². The minimum atomic E-state index is -0.0815. The highest BCUT2D eigenvalue weighted by atomic mass is 16.5. The Hall–Kier alpha value is -0.530. The topological polar surface area (TPSA) is 26.3 Å². The fourth-order valence-corrected chi connectivity index (χ4v) is 7.64. The third-order valence-corrected chi connectivity index (χ3v) is 8.80. The Morgan fingerprint density at radius 2 is 1.65 bits per heavy atom. The maximum absolute atomic E-state index is 11.5. The first-order chi connectivity index (χ1) is 10.9. The van der Waals surface area contributed by atoms with Crippen molar-refractivity contribution < 1.29 is 9.53 Å². The molecule has 0 aromatic rings. The van der Waals surface area contributed by atoms with Crippen LogP contribution in [0.25, 0.3) is 0 Å². The average Bonchev–Trinajstić information content (AvgIpc) is 2.83. The smallest absolute Gasteiger partial charge is 0.302 e. The van der Waals surface area contributed by atoms with Gasteiger partial charge in [-0.15, -0.1) is 0 Å². The van der Waals surface area contributed by atoms with Gasteiger partial charge in [-0.05, 0) is 80.5 Å². The van der Waals surface area contributed by atoms with Crippen molar-refractivity contribution in [3.8, 4) is 0 Å². The van der Waals surface area contributed by atoms with Gasteiger partial charge in [0.15, 0.2) is 0 Å². The molecule has 0 aliphatic heterocycles. The maximum Gasteiger partial charge on any atom is 0.302 e. The van der Waals surface area contributed by atoms with Crippen molar-refractivity contribution in [1.29, 1.82) is 0 Å². The van der Waals surface area contributed by atoms with E-state index in [0.29, 0.717) is 5.41 Å². The standard InChI is InChI=1S/C21H34O2/c1-14(22)23-19-10-9-17-16-8-7-15-6-4-5-12-20(15,2)18(16)11-13-21(17,19)3/h15-19H,4-13H2,1-3H3/t15-,16+,17+,18+,19?,20+,21+/m1/s1. The van der Waals surface area contributed by atoms with Gasteiger partial charge >= 0.3 is 5.97 Å². The molecule has 0 aromatic carbocycles. The highest BCUT2D eigenvalue weighted by Crippen LogP contribution is 2.66. The highest BCUT2D eigenvalue weighted by molar-refractivity contribution is 5.66. The average molecular weight is 319 g/mol. The van der Waals surface area contributed by atoms with Crippen molar-refractivity contribution in [3.05, 3.63) is 0 Å². The summed E-state index contributed by atoms with van der Waals surface area (Å²) in [4.78, 5) is 11.5. The van der Waals surface area contributed by atoms with Gasteiger partial charge in [-0.2, -0.15) is 0 Å². The van der Waals surface area contributed by atoms with Crippen molar-refractivity contribution in [2.24, 2.45) is 34.5 Å². The Labute approximate surface area is 141 Å². The van der Waals surface area contributed by atoms with Crippen LogP contribution in [0.15, 0.2) is 0 Å². The summed E-state index contributed by atoms with van der Waals surface area (Å²) in [5.74, 6) is 3.55. The number of ether oxygens (including phenoxy) is 1. The Morgan fingerprint density at radius 1 is 0.870 bits per heavy atom. The molecule has 0 amide bonds. The first-order valence-corrected chi connectivity index (χ1v) is 10.1. The summed E-state index contributed by atoms with van der Waals surface area (Å²) in [5, 5.41) is 0. The van der Waals surface area contributed by atoms with Crippen molar-refractivity contribution in [2.45, 2.75) is 91.1 Å². The molecule has 0 aromatic heterocycles. The van der Waals surface area contributed by atoms with E-state index in [-0.39, 0.29) is 17.5 Å². The largest absolute Gasteiger partial charge is 0.462 e. The van der Waals surface area contributed by atoms with E-state index in [9.17, 15) is 4.79 Å². The number of rotatable bonds is 1. The predicted molar refractivity (Wildman–Crippen MR) is 91.9 cm³/mol. The van der Waals surface area contributed by atoms with Gasteiger partial charge in [0.2, 0.25) is 0 Å². The zero-order valence-electron chi connectivity index (χ0n) is 15.3. The molecular formula is C21H34O2. The molecule has 0 radical (unpaired) electrons. The molecule has 130 valence electrons. The maximum atomic E-state index is 11.5. The molecule has 4 aliphatic carbocycles. The summed E-state index contributed by atoms with van der Waals surface area (Å²) in [7, 11) is 0. The number of carbonyl (C=O) groups is 1. The predicted octanol–water partition coefficient (Wildman–Crippen LogP) is 5.35.